The summed E-state index contributed by atoms with van der Waals surface area (Å²) in [6.45, 7) is 1.79. The van der Waals surface area contributed by atoms with E-state index in [1.165, 1.54) is 24.7 Å². The number of amides is 1. The molecule has 0 aliphatic rings. The number of carbonyl (C=O) groups is 1. The average Bonchev–Trinajstić information content (AvgIpc) is 3.13. The predicted octanol–water partition coefficient (Wildman–Crippen LogP) is 3.42. The van der Waals surface area contributed by atoms with Gasteiger partial charge in [-0.05, 0) is 55.0 Å². The van der Waals surface area contributed by atoms with E-state index in [-0.39, 0.29) is 17.3 Å². The SMILES string of the molecule is CCCS(=O)(=O)Nc1ccc(NC(=O)c2cncn2-c2ccc(F)cc2)cc1. The van der Waals surface area contributed by atoms with Crippen LogP contribution in [-0.2, 0) is 10.0 Å². The van der Waals surface area contributed by atoms with Gasteiger partial charge in [-0.3, -0.25) is 14.1 Å². The summed E-state index contributed by atoms with van der Waals surface area (Å²) >= 11 is 0. The Hall–Kier alpha value is -3.20. The zero-order chi connectivity index (χ0) is 20.1. The maximum absolute atomic E-state index is 13.1. The van der Waals surface area contributed by atoms with E-state index in [2.05, 4.69) is 15.0 Å². The summed E-state index contributed by atoms with van der Waals surface area (Å²) < 4.78 is 40.7. The second kappa shape index (κ2) is 8.22. The van der Waals surface area contributed by atoms with Crippen LogP contribution in [0.2, 0.25) is 0 Å². The smallest absolute Gasteiger partial charge is 0.274 e. The standard InChI is InChI=1S/C19H19FN4O3S/c1-2-11-28(26,27)23-16-7-5-15(6-8-16)22-19(25)18-12-21-13-24(18)17-9-3-14(20)4-10-17/h3-10,12-13,23H,2,11H2,1H3,(H,22,25). The summed E-state index contributed by atoms with van der Waals surface area (Å²) in [6, 6.07) is 12.0. The topological polar surface area (TPSA) is 93.1 Å². The molecule has 0 radical (unpaired) electrons. The summed E-state index contributed by atoms with van der Waals surface area (Å²) in [5.74, 6) is -0.732. The van der Waals surface area contributed by atoms with Crippen LogP contribution in [0.25, 0.3) is 5.69 Å². The molecule has 0 fully saturated rings. The van der Waals surface area contributed by atoms with Gasteiger partial charge in [-0.1, -0.05) is 6.92 Å². The maximum Gasteiger partial charge on any atom is 0.274 e. The highest BCUT2D eigenvalue weighted by atomic mass is 32.2. The lowest BCUT2D eigenvalue weighted by atomic mass is 10.2. The zero-order valence-electron chi connectivity index (χ0n) is 15.1. The van der Waals surface area contributed by atoms with Crippen molar-refractivity contribution in [2.75, 3.05) is 15.8 Å². The second-order valence-corrected chi connectivity index (χ2v) is 7.92. The molecule has 2 aromatic carbocycles. The van der Waals surface area contributed by atoms with Crippen molar-refractivity contribution < 1.29 is 17.6 Å². The molecule has 0 bridgehead atoms. The molecular weight excluding hydrogens is 383 g/mol. The molecule has 1 heterocycles. The van der Waals surface area contributed by atoms with E-state index in [4.69, 9.17) is 0 Å². The number of halogens is 1. The number of imidazole rings is 1. The van der Waals surface area contributed by atoms with Crippen molar-refractivity contribution in [3.8, 4) is 5.69 Å². The third kappa shape index (κ3) is 4.74. The molecule has 0 spiro atoms. The van der Waals surface area contributed by atoms with Crippen LogP contribution in [-0.4, -0.2) is 29.6 Å². The number of hydrogen-bond acceptors (Lipinski definition) is 4. The van der Waals surface area contributed by atoms with Crippen molar-refractivity contribution in [1.82, 2.24) is 9.55 Å². The molecule has 2 N–H and O–H groups in total. The number of rotatable bonds is 7. The van der Waals surface area contributed by atoms with Crippen molar-refractivity contribution in [3.63, 3.8) is 0 Å². The number of hydrogen-bond donors (Lipinski definition) is 2. The number of sulfonamides is 1. The Morgan fingerprint density at radius 2 is 1.71 bits per heavy atom. The van der Waals surface area contributed by atoms with Gasteiger partial charge in [-0.25, -0.2) is 17.8 Å². The maximum atomic E-state index is 13.1. The van der Waals surface area contributed by atoms with Gasteiger partial charge in [0.25, 0.3) is 5.91 Å². The van der Waals surface area contributed by atoms with Crippen molar-refractivity contribution >= 4 is 27.3 Å². The third-order valence-electron chi connectivity index (χ3n) is 3.86. The fourth-order valence-electron chi connectivity index (χ4n) is 2.59. The highest BCUT2D eigenvalue weighted by molar-refractivity contribution is 7.92. The van der Waals surface area contributed by atoms with Gasteiger partial charge in [0.2, 0.25) is 10.0 Å². The van der Waals surface area contributed by atoms with Gasteiger partial charge in [-0.2, -0.15) is 0 Å². The number of aromatic nitrogens is 2. The molecule has 0 unspecified atom stereocenters. The minimum absolute atomic E-state index is 0.0405. The number of benzene rings is 2. The normalized spacial score (nSPS) is 11.2. The number of nitrogens with zero attached hydrogens (tertiary/aromatic N) is 2. The lowest BCUT2D eigenvalue weighted by Gasteiger charge is -2.10. The van der Waals surface area contributed by atoms with Crippen LogP contribution in [0.1, 0.15) is 23.8 Å². The fourth-order valence-corrected chi connectivity index (χ4v) is 3.72. The van der Waals surface area contributed by atoms with Gasteiger partial charge in [-0.15, -0.1) is 0 Å². The first-order valence-electron chi connectivity index (χ1n) is 8.58. The van der Waals surface area contributed by atoms with Crippen molar-refractivity contribution in [2.45, 2.75) is 13.3 Å². The molecule has 1 amide bonds. The molecule has 3 aromatic rings. The summed E-state index contributed by atoms with van der Waals surface area (Å²) in [6.07, 6.45) is 3.39. The van der Waals surface area contributed by atoms with Gasteiger partial charge in [0.05, 0.1) is 18.3 Å². The minimum Gasteiger partial charge on any atom is -0.321 e. The Labute approximate surface area is 162 Å². The van der Waals surface area contributed by atoms with E-state index in [9.17, 15) is 17.6 Å². The summed E-state index contributed by atoms with van der Waals surface area (Å²) in [5, 5.41) is 2.73. The Kier molecular flexibility index (Phi) is 5.74. The number of anilines is 2. The van der Waals surface area contributed by atoms with Crippen LogP contribution in [0.3, 0.4) is 0 Å². The summed E-state index contributed by atoms with van der Waals surface area (Å²) in [4.78, 5) is 16.6. The molecular formula is C19H19FN4O3S. The van der Waals surface area contributed by atoms with E-state index >= 15 is 0 Å². The van der Waals surface area contributed by atoms with E-state index < -0.39 is 15.9 Å². The number of nitrogens with one attached hydrogen (secondary N) is 2. The zero-order valence-corrected chi connectivity index (χ0v) is 15.9. The molecule has 7 nitrogen and oxygen atoms in total. The van der Waals surface area contributed by atoms with Crippen molar-refractivity contribution in [2.24, 2.45) is 0 Å². The molecule has 146 valence electrons. The van der Waals surface area contributed by atoms with E-state index in [0.29, 0.717) is 23.5 Å². The summed E-state index contributed by atoms with van der Waals surface area (Å²) in [7, 11) is -3.37. The molecule has 0 atom stereocenters. The molecule has 0 aliphatic heterocycles. The molecule has 28 heavy (non-hydrogen) atoms. The van der Waals surface area contributed by atoms with Crippen LogP contribution in [0.4, 0.5) is 15.8 Å². The fraction of sp³-hybridized carbons (Fsp3) is 0.158. The average molecular weight is 402 g/mol. The van der Waals surface area contributed by atoms with E-state index in [0.717, 1.165) is 0 Å². The van der Waals surface area contributed by atoms with Gasteiger partial charge in [0.15, 0.2) is 0 Å². The Morgan fingerprint density at radius 1 is 1.07 bits per heavy atom. The lowest BCUT2D eigenvalue weighted by molar-refractivity contribution is 0.102. The van der Waals surface area contributed by atoms with Crippen LogP contribution < -0.4 is 10.0 Å². The van der Waals surface area contributed by atoms with Gasteiger partial charge < -0.3 is 5.32 Å². The minimum atomic E-state index is -3.37. The monoisotopic (exact) mass is 402 g/mol. The highest BCUT2D eigenvalue weighted by Gasteiger charge is 2.14. The van der Waals surface area contributed by atoms with Crippen LogP contribution in [0.15, 0.2) is 61.1 Å². The first-order valence-corrected chi connectivity index (χ1v) is 10.2. The molecule has 3 rings (SSSR count). The Balaban J connectivity index is 1.72. The van der Waals surface area contributed by atoms with Crippen LogP contribution >= 0.6 is 0 Å². The van der Waals surface area contributed by atoms with Crippen molar-refractivity contribution in [1.29, 1.82) is 0 Å². The van der Waals surface area contributed by atoms with E-state index in [1.54, 1.807) is 47.9 Å². The molecule has 0 aliphatic carbocycles. The van der Waals surface area contributed by atoms with Crippen LogP contribution in [0.5, 0.6) is 0 Å². The molecule has 0 saturated heterocycles. The first kappa shape index (κ1) is 19.6. The molecule has 0 saturated carbocycles. The Morgan fingerprint density at radius 3 is 2.36 bits per heavy atom. The lowest BCUT2D eigenvalue weighted by Crippen LogP contribution is -2.17. The highest BCUT2D eigenvalue weighted by Crippen LogP contribution is 2.17. The largest absolute Gasteiger partial charge is 0.321 e. The molecule has 9 heteroatoms. The van der Waals surface area contributed by atoms with Crippen LogP contribution in [0, 0.1) is 5.82 Å². The molecule has 1 aromatic heterocycles. The number of carbonyl (C=O) groups excluding carboxylic acids is 1. The van der Waals surface area contributed by atoms with E-state index in [1.807, 2.05) is 0 Å². The quantitative estimate of drug-likeness (QED) is 0.633. The first-order chi connectivity index (χ1) is 13.4. The Bertz CT molecular complexity index is 1060. The predicted molar refractivity (Wildman–Crippen MR) is 106 cm³/mol. The second-order valence-electron chi connectivity index (χ2n) is 6.08. The van der Waals surface area contributed by atoms with Gasteiger partial charge in [0.1, 0.15) is 11.5 Å². The van der Waals surface area contributed by atoms with Crippen molar-refractivity contribution in [3.05, 3.63) is 72.6 Å². The van der Waals surface area contributed by atoms with Gasteiger partial charge in [0, 0.05) is 17.1 Å². The van der Waals surface area contributed by atoms with Gasteiger partial charge >= 0.3 is 0 Å². The summed E-state index contributed by atoms with van der Waals surface area (Å²) in [5.41, 5.74) is 1.79. The third-order valence-corrected chi connectivity index (χ3v) is 5.36.